The molecule has 28 heavy (non-hydrogen) atoms. The summed E-state index contributed by atoms with van der Waals surface area (Å²) in [7, 11) is 0. The van der Waals surface area contributed by atoms with Crippen molar-refractivity contribution in [2.75, 3.05) is 5.73 Å². The molecule has 8 heteroatoms. The number of hydrogen-bond donors (Lipinski definition) is 3. The first-order valence-electron chi connectivity index (χ1n) is 9.00. The molecular formula is C20H21ClFN3O3. The number of nitrogens with one attached hydrogen (secondary N) is 1. The Balaban J connectivity index is 1.95. The third-order valence-corrected chi connectivity index (χ3v) is 5.08. The van der Waals surface area contributed by atoms with E-state index in [4.69, 9.17) is 22.4 Å². The lowest BCUT2D eigenvalue weighted by atomic mass is 9.95. The number of benzene rings is 1. The molecule has 6 nitrogen and oxygen atoms in total. The monoisotopic (exact) mass is 405 g/mol. The number of carboxylic acids is 1. The highest BCUT2D eigenvalue weighted by Crippen LogP contribution is 2.43. The molecule has 0 saturated heterocycles. The standard InChI is InChI=1S/C20H21ClFN3O3/c1-10(8-16(26)27)25-19(11-2-3-11)13-5-6-14(21)17(18(13)22)20(28)12-4-7-15(23)24-9-12/h4-7,9-11,19,25H,2-3,8H2,1H3,(H2,23,24)(H,26,27)/t10?,19-/m1/s1. The molecule has 0 spiro atoms. The normalized spacial score (nSPS) is 15.8. The summed E-state index contributed by atoms with van der Waals surface area (Å²) >= 11 is 6.15. The van der Waals surface area contributed by atoms with Gasteiger partial charge >= 0.3 is 5.97 Å². The van der Waals surface area contributed by atoms with Gasteiger partial charge < -0.3 is 16.2 Å². The first-order valence-corrected chi connectivity index (χ1v) is 9.37. The number of carbonyl (C=O) groups excluding carboxylic acids is 1. The third-order valence-electron chi connectivity index (χ3n) is 4.77. The molecule has 1 aliphatic carbocycles. The fraction of sp³-hybridized carbons (Fsp3) is 0.350. The molecule has 3 rings (SSSR count). The zero-order chi connectivity index (χ0) is 20.4. The second kappa shape index (κ2) is 8.24. The van der Waals surface area contributed by atoms with Gasteiger partial charge in [-0.3, -0.25) is 9.59 Å². The largest absolute Gasteiger partial charge is 0.481 e. The van der Waals surface area contributed by atoms with Crippen LogP contribution in [0.15, 0.2) is 30.5 Å². The minimum absolute atomic E-state index is 0.0104. The molecule has 4 N–H and O–H groups in total. The van der Waals surface area contributed by atoms with E-state index >= 15 is 4.39 Å². The highest BCUT2D eigenvalue weighted by Gasteiger charge is 2.36. The third kappa shape index (κ3) is 4.48. The van der Waals surface area contributed by atoms with Crippen molar-refractivity contribution in [1.29, 1.82) is 0 Å². The second-order valence-electron chi connectivity index (χ2n) is 7.11. The van der Waals surface area contributed by atoms with Crippen LogP contribution in [0.4, 0.5) is 10.2 Å². The Bertz CT molecular complexity index is 900. The summed E-state index contributed by atoms with van der Waals surface area (Å²) in [6.45, 7) is 1.74. The van der Waals surface area contributed by atoms with E-state index in [1.165, 1.54) is 24.4 Å². The van der Waals surface area contributed by atoms with Crippen molar-refractivity contribution in [3.8, 4) is 0 Å². The number of aromatic nitrogens is 1. The number of anilines is 1. The summed E-state index contributed by atoms with van der Waals surface area (Å²) in [6.07, 6.45) is 3.02. The number of carboxylic acid groups (broad SMARTS) is 1. The number of nitrogens with zero attached hydrogens (tertiary/aromatic N) is 1. The average molecular weight is 406 g/mol. The maximum atomic E-state index is 15.4. The van der Waals surface area contributed by atoms with Crippen LogP contribution in [0.1, 0.15) is 53.7 Å². The zero-order valence-corrected chi connectivity index (χ0v) is 16.0. The molecular weight excluding hydrogens is 385 g/mol. The molecule has 0 aliphatic heterocycles. The van der Waals surface area contributed by atoms with E-state index in [0.29, 0.717) is 5.56 Å². The highest BCUT2D eigenvalue weighted by atomic mass is 35.5. The maximum Gasteiger partial charge on any atom is 0.304 e. The minimum atomic E-state index is -0.933. The van der Waals surface area contributed by atoms with Gasteiger partial charge in [0.1, 0.15) is 11.6 Å². The topological polar surface area (TPSA) is 105 Å². The molecule has 1 unspecified atom stereocenters. The van der Waals surface area contributed by atoms with E-state index in [9.17, 15) is 9.59 Å². The number of pyridine rings is 1. The molecule has 0 bridgehead atoms. The predicted octanol–water partition coefficient (Wildman–Crippen LogP) is 3.59. The zero-order valence-electron chi connectivity index (χ0n) is 15.3. The molecule has 1 heterocycles. The lowest BCUT2D eigenvalue weighted by molar-refractivity contribution is -0.137. The summed E-state index contributed by atoms with van der Waals surface area (Å²) in [4.78, 5) is 27.7. The maximum absolute atomic E-state index is 15.4. The molecule has 0 amide bonds. The van der Waals surface area contributed by atoms with Crippen molar-refractivity contribution in [2.45, 2.75) is 38.3 Å². The van der Waals surface area contributed by atoms with Gasteiger partial charge in [0.2, 0.25) is 0 Å². The molecule has 1 aromatic heterocycles. The van der Waals surface area contributed by atoms with Crippen molar-refractivity contribution < 1.29 is 19.1 Å². The SMILES string of the molecule is CC(CC(=O)O)N[C@@H](c1ccc(Cl)c(C(=O)c2ccc(N)nc2)c1F)C1CC1. The number of nitrogens with two attached hydrogens (primary N) is 1. The molecule has 148 valence electrons. The van der Waals surface area contributed by atoms with Crippen molar-refractivity contribution in [3.05, 3.63) is 58.0 Å². The molecule has 1 aromatic carbocycles. The highest BCUT2D eigenvalue weighted by molar-refractivity contribution is 6.35. The predicted molar refractivity (Wildman–Crippen MR) is 104 cm³/mol. The number of carbonyl (C=O) groups is 2. The smallest absolute Gasteiger partial charge is 0.304 e. The van der Waals surface area contributed by atoms with E-state index in [1.54, 1.807) is 13.0 Å². The first-order chi connectivity index (χ1) is 13.3. The summed E-state index contributed by atoms with van der Waals surface area (Å²) < 4.78 is 15.4. The van der Waals surface area contributed by atoms with Gasteiger partial charge in [-0.25, -0.2) is 9.37 Å². The quantitative estimate of drug-likeness (QED) is 0.579. The second-order valence-corrected chi connectivity index (χ2v) is 7.51. The Morgan fingerprint density at radius 3 is 2.64 bits per heavy atom. The molecule has 0 radical (unpaired) electrons. The molecule has 1 saturated carbocycles. The number of aliphatic carboxylic acids is 1. The Hall–Kier alpha value is -2.51. The van der Waals surface area contributed by atoms with Gasteiger partial charge in [-0.15, -0.1) is 0 Å². The fourth-order valence-corrected chi connectivity index (χ4v) is 3.47. The molecule has 1 fully saturated rings. The van der Waals surface area contributed by atoms with Gasteiger partial charge in [0.25, 0.3) is 0 Å². The fourth-order valence-electron chi connectivity index (χ4n) is 3.24. The van der Waals surface area contributed by atoms with Gasteiger partial charge in [-0.05, 0) is 43.9 Å². The molecule has 1 aliphatic rings. The number of ketones is 1. The van der Waals surface area contributed by atoms with Crippen molar-refractivity contribution >= 4 is 29.2 Å². The van der Waals surface area contributed by atoms with Crippen LogP contribution in [0.2, 0.25) is 5.02 Å². The first kappa shape index (κ1) is 20.2. The van der Waals surface area contributed by atoms with Gasteiger partial charge in [-0.2, -0.15) is 0 Å². The van der Waals surface area contributed by atoms with Crippen molar-refractivity contribution in [2.24, 2.45) is 5.92 Å². The van der Waals surface area contributed by atoms with Crippen LogP contribution in [-0.2, 0) is 4.79 Å². The van der Waals surface area contributed by atoms with E-state index < -0.39 is 17.6 Å². The summed E-state index contributed by atoms with van der Waals surface area (Å²) in [5.74, 6) is -1.76. The molecule has 2 atom stereocenters. The number of halogens is 2. The summed E-state index contributed by atoms with van der Waals surface area (Å²) in [5.41, 5.74) is 5.82. The summed E-state index contributed by atoms with van der Waals surface area (Å²) in [5, 5.41) is 12.2. The molecule has 2 aromatic rings. The lowest BCUT2D eigenvalue weighted by Gasteiger charge is -2.24. The van der Waals surface area contributed by atoms with E-state index in [2.05, 4.69) is 10.3 Å². The van der Waals surface area contributed by atoms with Crippen LogP contribution in [0.3, 0.4) is 0 Å². The van der Waals surface area contributed by atoms with E-state index in [0.717, 1.165) is 12.8 Å². The van der Waals surface area contributed by atoms with Crippen LogP contribution in [0, 0.1) is 11.7 Å². The van der Waals surface area contributed by atoms with Crippen LogP contribution in [0.25, 0.3) is 0 Å². The minimum Gasteiger partial charge on any atom is -0.481 e. The van der Waals surface area contributed by atoms with E-state index in [1.807, 2.05) is 0 Å². The van der Waals surface area contributed by atoms with E-state index in [-0.39, 0.29) is 46.4 Å². The van der Waals surface area contributed by atoms with Crippen LogP contribution in [-0.4, -0.2) is 27.9 Å². The van der Waals surface area contributed by atoms with Crippen LogP contribution < -0.4 is 11.1 Å². The average Bonchev–Trinajstić information content (AvgIpc) is 3.45. The lowest BCUT2D eigenvalue weighted by Crippen LogP contribution is -2.34. The van der Waals surface area contributed by atoms with Gasteiger partial charge in [-0.1, -0.05) is 17.7 Å². The Kier molecular flexibility index (Phi) is 5.96. The van der Waals surface area contributed by atoms with Crippen molar-refractivity contribution in [1.82, 2.24) is 10.3 Å². The van der Waals surface area contributed by atoms with Gasteiger partial charge in [0, 0.05) is 29.4 Å². The van der Waals surface area contributed by atoms with Gasteiger partial charge in [0.05, 0.1) is 17.0 Å². The number of nitrogen functional groups attached to an aromatic ring is 1. The Morgan fingerprint density at radius 2 is 2.07 bits per heavy atom. The Labute approximate surface area is 166 Å². The van der Waals surface area contributed by atoms with Crippen LogP contribution in [0.5, 0.6) is 0 Å². The van der Waals surface area contributed by atoms with Gasteiger partial charge in [0.15, 0.2) is 5.78 Å². The van der Waals surface area contributed by atoms with Crippen molar-refractivity contribution in [3.63, 3.8) is 0 Å². The number of hydrogen-bond acceptors (Lipinski definition) is 5. The number of rotatable bonds is 8. The van der Waals surface area contributed by atoms with Crippen LogP contribution >= 0.6 is 11.6 Å². The summed E-state index contributed by atoms with van der Waals surface area (Å²) in [6, 6.07) is 5.25. The Morgan fingerprint density at radius 1 is 1.36 bits per heavy atom.